The highest BCUT2D eigenvalue weighted by Gasteiger charge is 2.51. The van der Waals surface area contributed by atoms with Crippen LogP contribution < -0.4 is 5.46 Å². The third-order valence-corrected chi connectivity index (χ3v) is 6.74. The van der Waals surface area contributed by atoms with Crippen LogP contribution in [0.2, 0.25) is 0 Å². The zero-order chi connectivity index (χ0) is 24.8. The van der Waals surface area contributed by atoms with Crippen molar-refractivity contribution in [1.82, 2.24) is 4.98 Å². The molecule has 7 nitrogen and oxygen atoms in total. The van der Waals surface area contributed by atoms with Crippen molar-refractivity contribution >= 4 is 18.3 Å². The highest BCUT2D eigenvalue weighted by atomic mass is 16.7. The molecule has 0 unspecified atom stereocenters. The molecule has 35 heavy (non-hydrogen) atoms. The lowest BCUT2D eigenvalue weighted by molar-refractivity contribution is -0.384. The molecule has 1 aliphatic rings. The number of pyridine rings is 1. The van der Waals surface area contributed by atoms with Gasteiger partial charge in [0.15, 0.2) is 5.76 Å². The highest BCUT2D eigenvalue weighted by molar-refractivity contribution is 6.62. The monoisotopic (exact) mass is 468 g/mol. The molecule has 5 rings (SSSR count). The first-order valence-electron chi connectivity index (χ1n) is 11.4. The van der Waals surface area contributed by atoms with Crippen LogP contribution in [0.1, 0.15) is 27.7 Å². The van der Waals surface area contributed by atoms with Crippen LogP contribution in [0.5, 0.6) is 0 Å². The van der Waals surface area contributed by atoms with Gasteiger partial charge in [-0.25, -0.2) is 4.98 Å². The second-order valence-corrected chi connectivity index (χ2v) is 9.62. The molecule has 1 saturated heterocycles. The Morgan fingerprint density at radius 3 is 1.97 bits per heavy atom. The number of hydrogen-bond donors (Lipinski definition) is 0. The van der Waals surface area contributed by atoms with Crippen LogP contribution >= 0.6 is 0 Å². The number of rotatable bonds is 5. The van der Waals surface area contributed by atoms with Crippen molar-refractivity contribution in [1.29, 1.82) is 0 Å². The number of nitro groups is 1. The number of non-ortho nitro benzene ring substituents is 1. The summed E-state index contributed by atoms with van der Waals surface area (Å²) in [5.74, 6) is 0.642. The minimum Gasteiger partial charge on any atom is -0.463 e. The molecule has 176 valence electrons. The Morgan fingerprint density at radius 2 is 1.40 bits per heavy atom. The van der Waals surface area contributed by atoms with Crippen LogP contribution in [-0.2, 0) is 9.31 Å². The summed E-state index contributed by atoms with van der Waals surface area (Å²) in [6, 6.07) is 22.1. The first kappa shape index (κ1) is 23.0. The van der Waals surface area contributed by atoms with E-state index in [9.17, 15) is 10.1 Å². The molecular formula is C27H25BN2O5. The van der Waals surface area contributed by atoms with Crippen LogP contribution in [0, 0.1) is 10.1 Å². The SMILES string of the molecule is CC1(C)OB(c2ccc(-c3cc(-c4ccc([N+](=O)[O-])cc4)nc(-c4ccco4)c3)cc2)OC1(C)C. The van der Waals surface area contributed by atoms with Crippen LogP contribution in [-0.4, -0.2) is 28.2 Å². The molecule has 4 aromatic rings. The number of nitrogens with zero attached hydrogens (tertiary/aromatic N) is 2. The summed E-state index contributed by atoms with van der Waals surface area (Å²) in [6.45, 7) is 8.14. The Bertz CT molecular complexity index is 1350. The van der Waals surface area contributed by atoms with E-state index in [1.54, 1.807) is 18.4 Å². The van der Waals surface area contributed by atoms with Gasteiger partial charge in [0, 0.05) is 17.7 Å². The molecule has 0 saturated carbocycles. The minimum absolute atomic E-state index is 0.0365. The normalized spacial score (nSPS) is 16.4. The third-order valence-electron chi connectivity index (χ3n) is 6.74. The summed E-state index contributed by atoms with van der Waals surface area (Å²) in [5, 5.41) is 11.1. The van der Waals surface area contributed by atoms with E-state index in [1.165, 1.54) is 12.1 Å². The van der Waals surface area contributed by atoms with E-state index in [1.807, 2.05) is 76.2 Å². The predicted octanol–water partition coefficient (Wildman–Crippen LogP) is 5.88. The maximum atomic E-state index is 11.1. The van der Waals surface area contributed by atoms with E-state index in [4.69, 9.17) is 18.7 Å². The first-order chi connectivity index (χ1) is 16.6. The van der Waals surface area contributed by atoms with E-state index in [-0.39, 0.29) is 5.69 Å². The van der Waals surface area contributed by atoms with Gasteiger partial charge in [-0.2, -0.15) is 0 Å². The Balaban J connectivity index is 1.51. The van der Waals surface area contributed by atoms with E-state index in [0.717, 1.165) is 22.2 Å². The number of hydrogen-bond acceptors (Lipinski definition) is 6. The van der Waals surface area contributed by atoms with Crippen LogP contribution in [0.25, 0.3) is 33.8 Å². The molecule has 0 spiro atoms. The third kappa shape index (κ3) is 4.38. The van der Waals surface area contributed by atoms with Gasteiger partial charge in [0.1, 0.15) is 5.69 Å². The van der Waals surface area contributed by atoms with Gasteiger partial charge in [-0.15, -0.1) is 0 Å². The number of nitro benzene ring substituents is 1. The average Bonchev–Trinajstić information content (AvgIpc) is 3.45. The quantitative estimate of drug-likeness (QED) is 0.206. The Morgan fingerprint density at radius 1 is 0.800 bits per heavy atom. The van der Waals surface area contributed by atoms with Gasteiger partial charge in [0.05, 0.1) is 28.1 Å². The lowest BCUT2D eigenvalue weighted by Crippen LogP contribution is -2.41. The largest absolute Gasteiger partial charge is 0.494 e. The van der Waals surface area contributed by atoms with Crippen molar-refractivity contribution in [3.8, 4) is 33.8 Å². The Hall–Kier alpha value is -3.75. The fourth-order valence-electron chi connectivity index (χ4n) is 3.96. The smallest absolute Gasteiger partial charge is 0.463 e. The Labute approximate surface area is 204 Å². The fraction of sp³-hybridized carbons (Fsp3) is 0.222. The Kier molecular flexibility index (Phi) is 5.58. The lowest BCUT2D eigenvalue weighted by Gasteiger charge is -2.32. The minimum atomic E-state index is -0.430. The van der Waals surface area contributed by atoms with Gasteiger partial charge in [0.2, 0.25) is 0 Å². The molecule has 2 aromatic heterocycles. The maximum Gasteiger partial charge on any atom is 0.494 e. The topological polar surface area (TPSA) is 87.6 Å². The summed E-state index contributed by atoms with van der Waals surface area (Å²) in [4.78, 5) is 15.4. The van der Waals surface area contributed by atoms with Crippen LogP contribution in [0.3, 0.4) is 0 Å². The standard InChI is InChI=1S/C27H25BN2O5/c1-26(2)27(3,4)35-28(34-26)21-11-7-18(8-12-21)20-16-23(19-9-13-22(14-10-19)30(31)32)29-24(17-20)25-6-5-15-33-25/h5-17H,1-4H3. The van der Waals surface area contributed by atoms with E-state index in [0.29, 0.717) is 17.1 Å². The molecule has 1 fully saturated rings. The molecule has 3 heterocycles. The second kappa shape index (κ2) is 8.48. The molecule has 0 aliphatic carbocycles. The van der Waals surface area contributed by atoms with Gasteiger partial charge in [-0.3, -0.25) is 10.1 Å². The van der Waals surface area contributed by atoms with E-state index >= 15 is 0 Å². The highest BCUT2D eigenvalue weighted by Crippen LogP contribution is 2.37. The number of benzene rings is 2. The van der Waals surface area contributed by atoms with Crippen molar-refractivity contribution in [2.24, 2.45) is 0 Å². The molecule has 0 amide bonds. The fourth-order valence-corrected chi connectivity index (χ4v) is 3.96. The summed E-state index contributed by atoms with van der Waals surface area (Å²) >= 11 is 0. The molecule has 0 N–H and O–H groups in total. The van der Waals surface area contributed by atoms with Gasteiger partial charge >= 0.3 is 7.12 Å². The predicted molar refractivity (Wildman–Crippen MR) is 135 cm³/mol. The number of furan rings is 1. The molecule has 0 radical (unpaired) electrons. The van der Waals surface area contributed by atoms with Gasteiger partial charge in [0.25, 0.3) is 5.69 Å². The zero-order valence-electron chi connectivity index (χ0n) is 20.0. The molecule has 0 atom stereocenters. The van der Waals surface area contributed by atoms with Gasteiger partial charge in [-0.1, -0.05) is 24.3 Å². The van der Waals surface area contributed by atoms with E-state index in [2.05, 4.69) is 0 Å². The van der Waals surface area contributed by atoms with Crippen molar-refractivity contribution in [3.05, 3.63) is 89.2 Å². The summed E-state index contributed by atoms with van der Waals surface area (Å²) in [6.07, 6.45) is 1.61. The zero-order valence-corrected chi connectivity index (χ0v) is 20.0. The maximum absolute atomic E-state index is 11.1. The van der Waals surface area contributed by atoms with Gasteiger partial charge in [-0.05, 0) is 80.7 Å². The van der Waals surface area contributed by atoms with Crippen LogP contribution in [0.4, 0.5) is 5.69 Å². The molecular weight excluding hydrogens is 443 g/mol. The van der Waals surface area contributed by atoms with Crippen molar-refractivity contribution in [2.75, 3.05) is 0 Å². The molecule has 0 bridgehead atoms. The summed E-state index contributed by atoms with van der Waals surface area (Å²) in [5.41, 5.74) is 4.26. The lowest BCUT2D eigenvalue weighted by atomic mass is 9.78. The van der Waals surface area contributed by atoms with Gasteiger partial charge < -0.3 is 13.7 Å². The van der Waals surface area contributed by atoms with Crippen molar-refractivity contribution in [2.45, 2.75) is 38.9 Å². The van der Waals surface area contributed by atoms with E-state index < -0.39 is 23.2 Å². The summed E-state index contributed by atoms with van der Waals surface area (Å²) < 4.78 is 17.9. The second-order valence-electron chi connectivity index (χ2n) is 9.62. The number of aromatic nitrogens is 1. The molecule has 2 aromatic carbocycles. The van der Waals surface area contributed by atoms with Crippen molar-refractivity contribution in [3.63, 3.8) is 0 Å². The average molecular weight is 468 g/mol. The summed E-state index contributed by atoms with van der Waals surface area (Å²) in [7, 11) is -0.430. The molecule has 8 heteroatoms. The first-order valence-corrected chi connectivity index (χ1v) is 11.4. The van der Waals surface area contributed by atoms with Crippen LogP contribution in [0.15, 0.2) is 83.5 Å². The van der Waals surface area contributed by atoms with Crippen molar-refractivity contribution < 1.29 is 18.6 Å². The molecule has 1 aliphatic heterocycles.